The molecule has 0 N–H and O–H groups in total. The Labute approximate surface area is 113 Å². The van der Waals surface area contributed by atoms with Gasteiger partial charge in [-0.05, 0) is 22.8 Å². The van der Waals surface area contributed by atoms with Gasteiger partial charge in [-0.25, -0.2) is 0 Å². The van der Waals surface area contributed by atoms with E-state index in [1.807, 2.05) is 42.6 Å². The average Bonchev–Trinajstić information content (AvgIpc) is 2.46. The van der Waals surface area contributed by atoms with Crippen molar-refractivity contribution in [2.45, 2.75) is 13.0 Å². The van der Waals surface area contributed by atoms with Crippen LogP contribution in [0.3, 0.4) is 0 Å². The highest BCUT2D eigenvalue weighted by Crippen LogP contribution is 2.35. The van der Waals surface area contributed by atoms with E-state index in [0.29, 0.717) is 0 Å². The van der Waals surface area contributed by atoms with Crippen LogP contribution in [0, 0.1) is 0 Å². The van der Waals surface area contributed by atoms with E-state index in [0.717, 1.165) is 5.56 Å². The number of fused-ring (bicyclic) bond motifs is 1. The fraction of sp³-hybridized carbons (Fsp3) is 0.118. The number of carbonyl (C=O) groups is 1. The van der Waals surface area contributed by atoms with Crippen LogP contribution >= 0.6 is 0 Å². The third-order valence-electron chi connectivity index (χ3n) is 3.46. The van der Waals surface area contributed by atoms with E-state index in [1.54, 1.807) is 11.8 Å². The standard InChI is InChI=1S/C17H15NO/c1-13(19)18-12-11-14-7-5-6-10-16(14)17(18)15-8-3-2-4-9-15/h2-12,17H,1H3. The molecule has 3 rings (SSSR count). The zero-order valence-corrected chi connectivity index (χ0v) is 10.8. The molecule has 1 unspecified atom stereocenters. The third kappa shape index (κ3) is 2.06. The van der Waals surface area contributed by atoms with Crippen LogP contribution in [-0.4, -0.2) is 10.8 Å². The summed E-state index contributed by atoms with van der Waals surface area (Å²) in [5.41, 5.74) is 3.48. The van der Waals surface area contributed by atoms with Gasteiger partial charge < -0.3 is 4.90 Å². The smallest absolute Gasteiger partial charge is 0.224 e. The normalized spacial score (nSPS) is 17.1. The highest BCUT2D eigenvalue weighted by Gasteiger charge is 2.26. The second kappa shape index (κ2) is 4.73. The summed E-state index contributed by atoms with van der Waals surface area (Å²) in [4.78, 5) is 13.7. The lowest BCUT2D eigenvalue weighted by Crippen LogP contribution is -2.31. The molecule has 1 atom stereocenters. The number of hydrogen-bond donors (Lipinski definition) is 0. The lowest BCUT2D eigenvalue weighted by Gasteiger charge is -2.33. The number of rotatable bonds is 1. The summed E-state index contributed by atoms with van der Waals surface area (Å²) < 4.78 is 0. The second-order valence-corrected chi connectivity index (χ2v) is 4.68. The van der Waals surface area contributed by atoms with Crippen molar-refractivity contribution in [1.29, 1.82) is 0 Å². The zero-order valence-electron chi connectivity index (χ0n) is 10.8. The molecule has 1 heterocycles. The molecule has 0 aliphatic carbocycles. The van der Waals surface area contributed by atoms with Crippen molar-refractivity contribution in [3.05, 3.63) is 77.5 Å². The summed E-state index contributed by atoms with van der Waals surface area (Å²) in [6.45, 7) is 1.61. The van der Waals surface area contributed by atoms with Gasteiger partial charge in [0.25, 0.3) is 0 Å². The number of amides is 1. The maximum Gasteiger partial charge on any atom is 0.224 e. The summed E-state index contributed by atoms with van der Waals surface area (Å²) >= 11 is 0. The van der Waals surface area contributed by atoms with E-state index < -0.39 is 0 Å². The summed E-state index contributed by atoms with van der Waals surface area (Å²) in [6, 6.07) is 18.3. The fourth-order valence-electron chi connectivity index (χ4n) is 2.57. The molecule has 0 saturated carbocycles. The molecule has 19 heavy (non-hydrogen) atoms. The fourth-order valence-corrected chi connectivity index (χ4v) is 2.57. The van der Waals surface area contributed by atoms with E-state index in [9.17, 15) is 4.79 Å². The molecule has 2 heteroatoms. The molecule has 2 aromatic carbocycles. The van der Waals surface area contributed by atoms with E-state index in [-0.39, 0.29) is 11.9 Å². The molecule has 0 saturated heterocycles. The van der Waals surface area contributed by atoms with Crippen LogP contribution in [0.15, 0.2) is 60.8 Å². The minimum Gasteiger partial charge on any atom is -0.308 e. The zero-order chi connectivity index (χ0) is 13.2. The molecule has 0 spiro atoms. The first-order valence-corrected chi connectivity index (χ1v) is 6.38. The lowest BCUT2D eigenvalue weighted by atomic mass is 9.91. The van der Waals surface area contributed by atoms with Gasteiger partial charge in [0.2, 0.25) is 5.91 Å². The van der Waals surface area contributed by atoms with Crippen LogP contribution in [0.2, 0.25) is 0 Å². The molecule has 0 fully saturated rings. The molecule has 1 amide bonds. The molecule has 94 valence electrons. The van der Waals surface area contributed by atoms with Crippen LogP contribution in [0.5, 0.6) is 0 Å². The highest BCUT2D eigenvalue weighted by atomic mass is 16.2. The largest absolute Gasteiger partial charge is 0.308 e. The van der Waals surface area contributed by atoms with E-state index in [4.69, 9.17) is 0 Å². The summed E-state index contributed by atoms with van der Waals surface area (Å²) in [7, 11) is 0. The molecule has 2 aromatic rings. The molecule has 0 aromatic heterocycles. The molecule has 0 bridgehead atoms. The van der Waals surface area contributed by atoms with Gasteiger partial charge in [0.1, 0.15) is 0 Å². The van der Waals surface area contributed by atoms with Gasteiger partial charge in [0.15, 0.2) is 0 Å². The van der Waals surface area contributed by atoms with Gasteiger partial charge in [-0.1, -0.05) is 54.6 Å². The van der Waals surface area contributed by atoms with Crippen molar-refractivity contribution >= 4 is 12.0 Å². The Hall–Kier alpha value is -2.35. The molecular weight excluding hydrogens is 234 g/mol. The van der Waals surface area contributed by atoms with Crippen LogP contribution < -0.4 is 0 Å². The third-order valence-corrected chi connectivity index (χ3v) is 3.46. The SMILES string of the molecule is CC(=O)N1C=Cc2ccccc2C1c1ccccc1. The Bertz CT molecular complexity index is 631. The minimum atomic E-state index is -0.0279. The number of nitrogens with zero attached hydrogens (tertiary/aromatic N) is 1. The summed E-state index contributed by atoms with van der Waals surface area (Å²) in [5.74, 6) is 0.0552. The average molecular weight is 249 g/mol. The van der Waals surface area contributed by atoms with Crippen LogP contribution in [0.4, 0.5) is 0 Å². The monoisotopic (exact) mass is 249 g/mol. The molecule has 2 nitrogen and oxygen atoms in total. The van der Waals surface area contributed by atoms with Crippen molar-refractivity contribution in [1.82, 2.24) is 4.90 Å². The number of carbonyl (C=O) groups excluding carboxylic acids is 1. The van der Waals surface area contributed by atoms with Gasteiger partial charge in [0, 0.05) is 13.1 Å². The Morgan fingerprint density at radius 1 is 1.00 bits per heavy atom. The lowest BCUT2D eigenvalue weighted by molar-refractivity contribution is -0.127. The molecule has 1 aliphatic heterocycles. The predicted octanol–water partition coefficient (Wildman–Crippen LogP) is 3.61. The Morgan fingerprint density at radius 3 is 2.42 bits per heavy atom. The first-order chi connectivity index (χ1) is 9.27. The molecular formula is C17H15NO. The summed E-state index contributed by atoms with van der Waals surface area (Å²) in [6.07, 6.45) is 3.87. The Morgan fingerprint density at radius 2 is 1.68 bits per heavy atom. The van der Waals surface area contributed by atoms with Gasteiger partial charge >= 0.3 is 0 Å². The Balaban J connectivity index is 2.16. The second-order valence-electron chi connectivity index (χ2n) is 4.68. The van der Waals surface area contributed by atoms with Crippen molar-refractivity contribution in [3.63, 3.8) is 0 Å². The first-order valence-electron chi connectivity index (χ1n) is 6.38. The van der Waals surface area contributed by atoms with Gasteiger partial charge in [-0.2, -0.15) is 0 Å². The van der Waals surface area contributed by atoms with Gasteiger partial charge in [0.05, 0.1) is 6.04 Å². The van der Waals surface area contributed by atoms with Gasteiger partial charge in [-0.15, -0.1) is 0 Å². The predicted molar refractivity (Wildman–Crippen MR) is 76.3 cm³/mol. The van der Waals surface area contributed by atoms with E-state index in [1.165, 1.54) is 11.1 Å². The topological polar surface area (TPSA) is 20.3 Å². The summed E-state index contributed by atoms with van der Waals surface area (Å²) in [5, 5.41) is 0. The number of benzene rings is 2. The molecule has 0 radical (unpaired) electrons. The first kappa shape index (κ1) is 11.7. The van der Waals surface area contributed by atoms with Gasteiger partial charge in [-0.3, -0.25) is 4.79 Å². The quantitative estimate of drug-likeness (QED) is 0.756. The maximum absolute atomic E-state index is 11.9. The van der Waals surface area contributed by atoms with Crippen molar-refractivity contribution in [2.24, 2.45) is 0 Å². The van der Waals surface area contributed by atoms with Crippen molar-refractivity contribution in [3.8, 4) is 0 Å². The van der Waals surface area contributed by atoms with Crippen LogP contribution in [0.1, 0.15) is 29.7 Å². The van der Waals surface area contributed by atoms with Crippen molar-refractivity contribution in [2.75, 3.05) is 0 Å². The van der Waals surface area contributed by atoms with Crippen molar-refractivity contribution < 1.29 is 4.79 Å². The van der Waals surface area contributed by atoms with E-state index in [2.05, 4.69) is 24.3 Å². The molecule has 1 aliphatic rings. The highest BCUT2D eigenvalue weighted by molar-refractivity contribution is 5.78. The van der Waals surface area contributed by atoms with Crippen LogP contribution in [-0.2, 0) is 4.79 Å². The Kier molecular flexibility index (Phi) is 2.92. The minimum absolute atomic E-state index is 0.0279. The number of hydrogen-bond acceptors (Lipinski definition) is 1. The van der Waals surface area contributed by atoms with E-state index >= 15 is 0 Å². The maximum atomic E-state index is 11.9. The van der Waals surface area contributed by atoms with Crippen LogP contribution in [0.25, 0.3) is 6.08 Å².